The van der Waals surface area contributed by atoms with E-state index in [0.29, 0.717) is 46.5 Å². The summed E-state index contributed by atoms with van der Waals surface area (Å²) in [5.41, 5.74) is 8.35. The summed E-state index contributed by atoms with van der Waals surface area (Å²) in [5.74, 6) is 0.665. The number of ether oxygens (including phenoxy) is 3. The molecule has 7 nitrogen and oxygen atoms in total. The lowest BCUT2D eigenvalue weighted by Crippen LogP contribution is -2.33. The van der Waals surface area contributed by atoms with Gasteiger partial charge >= 0.3 is 0 Å². The van der Waals surface area contributed by atoms with Crippen molar-refractivity contribution in [2.45, 2.75) is 25.8 Å². The van der Waals surface area contributed by atoms with Crippen LogP contribution in [0.1, 0.15) is 28.3 Å². The van der Waals surface area contributed by atoms with Gasteiger partial charge in [-0.05, 0) is 42.7 Å². The van der Waals surface area contributed by atoms with Crippen molar-refractivity contribution >= 4 is 23.2 Å². The van der Waals surface area contributed by atoms with E-state index in [4.69, 9.17) is 43.1 Å². The van der Waals surface area contributed by atoms with Crippen LogP contribution in [0.2, 0.25) is 10.0 Å². The number of benzene rings is 2. The maximum atomic E-state index is 13.8. The van der Waals surface area contributed by atoms with Crippen molar-refractivity contribution in [3.05, 3.63) is 96.7 Å². The van der Waals surface area contributed by atoms with Gasteiger partial charge in [0, 0.05) is 18.3 Å². The molecule has 0 bridgehead atoms. The molecular formula is C26H23Cl2N3O4. The second-order valence-corrected chi connectivity index (χ2v) is 8.81. The molecule has 9 heteroatoms. The van der Waals surface area contributed by atoms with Crippen LogP contribution in [-0.4, -0.2) is 18.8 Å². The number of rotatable bonds is 6. The van der Waals surface area contributed by atoms with Crippen LogP contribution in [0, 0.1) is 18.3 Å². The number of aromatic nitrogens is 1. The molecule has 3 aromatic rings. The third kappa shape index (κ3) is 4.43. The Morgan fingerprint density at radius 3 is 2.57 bits per heavy atom. The average molecular weight is 512 g/mol. The largest absolute Gasteiger partial charge is 0.493 e. The van der Waals surface area contributed by atoms with Gasteiger partial charge in [0.1, 0.15) is 17.4 Å². The number of halogens is 2. The minimum atomic E-state index is -0.810. The average Bonchev–Trinajstić information content (AvgIpc) is 2.84. The number of fused-ring (bicyclic) bond motifs is 1. The van der Waals surface area contributed by atoms with Crippen molar-refractivity contribution in [2.24, 2.45) is 5.73 Å². The van der Waals surface area contributed by atoms with Crippen LogP contribution in [0.4, 0.5) is 0 Å². The Hall–Kier alpha value is -3.60. The van der Waals surface area contributed by atoms with Gasteiger partial charge in [0.05, 0.1) is 35.7 Å². The Morgan fingerprint density at radius 1 is 1.14 bits per heavy atom. The van der Waals surface area contributed by atoms with Crippen LogP contribution >= 0.6 is 23.2 Å². The van der Waals surface area contributed by atoms with E-state index in [9.17, 15) is 10.1 Å². The van der Waals surface area contributed by atoms with E-state index in [1.807, 2.05) is 25.1 Å². The van der Waals surface area contributed by atoms with Crippen LogP contribution in [-0.2, 0) is 13.0 Å². The highest BCUT2D eigenvalue weighted by molar-refractivity contribution is 6.42. The highest BCUT2D eigenvalue weighted by Gasteiger charge is 2.35. The zero-order valence-corrected chi connectivity index (χ0v) is 20.9. The van der Waals surface area contributed by atoms with E-state index in [-0.39, 0.29) is 27.6 Å². The van der Waals surface area contributed by atoms with Gasteiger partial charge in [-0.25, -0.2) is 0 Å². The molecule has 0 amide bonds. The minimum Gasteiger partial charge on any atom is -0.493 e. The Kier molecular flexibility index (Phi) is 6.97. The monoisotopic (exact) mass is 511 g/mol. The van der Waals surface area contributed by atoms with Crippen molar-refractivity contribution in [2.75, 3.05) is 14.2 Å². The molecule has 2 heterocycles. The summed E-state index contributed by atoms with van der Waals surface area (Å²) in [6, 6.07) is 14.6. The van der Waals surface area contributed by atoms with Crippen molar-refractivity contribution in [1.29, 1.82) is 5.26 Å². The van der Waals surface area contributed by atoms with Gasteiger partial charge in [-0.15, -0.1) is 0 Å². The summed E-state index contributed by atoms with van der Waals surface area (Å²) >= 11 is 12.8. The van der Waals surface area contributed by atoms with E-state index in [2.05, 4.69) is 6.07 Å². The molecule has 35 heavy (non-hydrogen) atoms. The number of nitrogens with two attached hydrogens (primary N) is 1. The number of hydrogen-bond donors (Lipinski definition) is 1. The molecule has 4 rings (SSSR count). The van der Waals surface area contributed by atoms with Gasteiger partial charge < -0.3 is 24.5 Å². The lowest BCUT2D eigenvalue weighted by Gasteiger charge is -2.28. The fourth-order valence-corrected chi connectivity index (χ4v) is 4.71. The number of allylic oxidation sites excluding steroid dienone is 1. The molecule has 1 aliphatic heterocycles. The molecule has 0 aliphatic carbocycles. The van der Waals surface area contributed by atoms with Crippen LogP contribution in [0.5, 0.6) is 17.2 Å². The van der Waals surface area contributed by atoms with E-state index in [0.717, 1.165) is 5.56 Å². The Bertz CT molecular complexity index is 1440. The lowest BCUT2D eigenvalue weighted by molar-refractivity contribution is 0.354. The second kappa shape index (κ2) is 9.95. The minimum absolute atomic E-state index is 0.0667. The van der Waals surface area contributed by atoms with Gasteiger partial charge in [-0.1, -0.05) is 41.4 Å². The Balaban J connectivity index is 1.80. The summed E-state index contributed by atoms with van der Waals surface area (Å²) in [5, 5.41) is 10.4. The molecule has 180 valence electrons. The number of hydrogen-bond acceptors (Lipinski definition) is 6. The normalized spacial score (nSPS) is 14.7. The predicted octanol–water partition coefficient (Wildman–Crippen LogP) is 4.94. The van der Waals surface area contributed by atoms with Crippen molar-refractivity contribution in [1.82, 2.24) is 4.57 Å². The van der Waals surface area contributed by atoms with E-state index in [1.54, 1.807) is 43.1 Å². The van der Waals surface area contributed by atoms with Gasteiger partial charge in [0.25, 0.3) is 5.56 Å². The van der Waals surface area contributed by atoms with E-state index < -0.39 is 5.92 Å². The molecule has 1 aromatic heterocycles. The van der Waals surface area contributed by atoms with E-state index >= 15 is 0 Å². The SMILES string of the molecule is COc1ccc(CCn2c(C)cc3c(c2=O)[C@H](c2cccc(Cl)c2Cl)C(C#N)=C(N)O3)cc1OC. The first-order valence-corrected chi connectivity index (χ1v) is 11.5. The van der Waals surface area contributed by atoms with E-state index in [1.165, 1.54) is 0 Å². The van der Waals surface area contributed by atoms with Crippen molar-refractivity contribution in [3.8, 4) is 23.3 Å². The quantitative estimate of drug-likeness (QED) is 0.502. The first kappa shape index (κ1) is 24.5. The topological polar surface area (TPSA) is 99.5 Å². The molecule has 2 N–H and O–H groups in total. The zero-order chi connectivity index (χ0) is 25.3. The first-order chi connectivity index (χ1) is 16.8. The summed E-state index contributed by atoms with van der Waals surface area (Å²) < 4.78 is 18.0. The molecule has 0 unspecified atom stereocenters. The molecule has 0 saturated carbocycles. The molecule has 0 fully saturated rings. The van der Waals surface area contributed by atoms with Crippen LogP contribution in [0.3, 0.4) is 0 Å². The summed E-state index contributed by atoms with van der Waals surface area (Å²) in [7, 11) is 3.15. The maximum absolute atomic E-state index is 13.8. The first-order valence-electron chi connectivity index (χ1n) is 10.8. The molecule has 1 atom stereocenters. The smallest absolute Gasteiger partial charge is 0.258 e. The predicted molar refractivity (Wildman–Crippen MR) is 134 cm³/mol. The zero-order valence-electron chi connectivity index (χ0n) is 19.4. The summed E-state index contributed by atoms with van der Waals surface area (Å²) in [4.78, 5) is 13.8. The number of nitriles is 1. The van der Waals surface area contributed by atoms with Crippen LogP contribution in [0.25, 0.3) is 0 Å². The number of pyridine rings is 1. The molecule has 2 aromatic carbocycles. The van der Waals surface area contributed by atoms with Crippen molar-refractivity contribution in [3.63, 3.8) is 0 Å². The van der Waals surface area contributed by atoms with Gasteiger partial charge in [-0.2, -0.15) is 5.26 Å². The van der Waals surface area contributed by atoms with Crippen molar-refractivity contribution < 1.29 is 14.2 Å². The highest BCUT2D eigenvalue weighted by atomic mass is 35.5. The highest BCUT2D eigenvalue weighted by Crippen LogP contribution is 2.44. The fourth-order valence-electron chi connectivity index (χ4n) is 4.30. The molecule has 0 radical (unpaired) electrons. The van der Waals surface area contributed by atoms with Gasteiger partial charge in [0.15, 0.2) is 11.5 Å². The summed E-state index contributed by atoms with van der Waals surface area (Å²) in [6.07, 6.45) is 0.562. The molecule has 1 aliphatic rings. The standard InChI is InChI=1S/C26H23Cl2N3O4/c1-14-11-21-23(22(17(13-29)25(30)35-21)16-5-4-6-18(27)24(16)28)26(32)31(14)10-9-15-7-8-19(33-2)20(12-15)34-3/h4-8,11-12,22H,9-10,30H2,1-3H3/t22-/m1/s1. The lowest BCUT2D eigenvalue weighted by atomic mass is 9.84. The van der Waals surface area contributed by atoms with Crippen LogP contribution in [0.15, 0.2) is 58.7 Å². The number of aryl methyl sites for hydroxylation is 2. The number of methoxy groups -OCH3 is 2. The maximum Gasteiger partial charge on any atom is 0.258 e. The molecule has 0 spiro atoms. The Labute approximate surface area is 212 Å². The molecule has 0 saturated heterocycles. The van der Waals surface area contributed by atoms with Crippen LogP contribution < -0.4 is 25.5 Å². The second-order valence-electron chi connectivity index (χ2n) is 8.03. The fraction of sp³-hybridized carbons (Fsp3) is 0.231. The third-order valence-corrected chi connectivity index (χ3v) is 6.89. The third-order valence-electron chi connectivity index (χ3n) is 6.05. The van der Waals surface area contributed by atoms with Gasteiger partial charge in [-0.3, -0.25) is 4.79 Å². The molecular weight excluding hydrogens is 489 g/mol. The van der Waals surface area contributed by atoms with Gasteiger partial charge in [0.2, 0.25) is 5.88 Å². The Morgan fingerprint density at radius 2 is 1.89 bits per heavy atom. The number of nitrogens with zero attached hydrogens (tertiary/aromatic N) is 2. The summed E-state index contributed by atoms with van der Waals surface area (Å²) in [6.45, 7) is 2.21.